The number of hydrogen-bond acceptors (Lipinski definition) is 11. The van der Waals surface area contributed by atoms with E-state index in [0.717, 1.165) is 184 Å². The van der Waals surface area contributed by atoms with Crippen LogP contribution in [-0.4, -0.2) is 107 Å². The van der Waals surface area contributed by atoms with Crippen LogP contribution in [0.15, 0.2) is 59.2 Å². The lowest BCUT2D eigenvalue weighted by Crippen LogP contribution is -2.54. The topological polar surface area (TPSA) is 177 Å². The number of fused-ring (bicyclic) bond motifs is 11. The second-order valence-corrected chi connectivity index (χ2v) is 33.6. The highest BCUT2D eigenvalue weighted by Crippen LogP contribution is 2.67. The van der Waals surface area contributed by atoms with E-state index in [9.17, 15) is 34.8 Å². The molecular formula is C76H116ClN3O8. The van der Waals surface area contributed by atoms with Gasteiger partial charge in [0.1, 0.15) is 17.3 Å². The number of nitrogens with one attached hydrogen (secondary N) is 3. The van der Waals surface area contributed by atoms with Crippen LogP contribution in [0, 0.1) is 79.8 Å². The molecule has 1 aromatic rings. The van der Waals surface area contributed by atoms with Crippen molar-refractivity contribution in [1.29, 1.82) is 0 Å². The zero-order valence-electron chi connectivity index (χ0n) is 55.7. The molecule has 490 valence electrons. The molecule has 7 N–H and O–H groups in total. The van der Waals surface area contributed by atoms with Crippen LogP contribution in [0.2, 0.25) is 5.02 Å². The molecule has 9 fully saturated rings. The zero-order valence-corrected chi connectivity index (χ0v) is 56.4. The van der Waals surface area contributed by atoms with Gasteiger partial charge in [0.05, 0.1) is 29.5 Å². The molecule has 12 aliphatic carbocycles. The Morgan fingerprint density at radius 2 is 1.08 bits per heavy atom. The summed E-state index contributed by atoms with van der Waals surface area (Å²) >= 11 is 6.09. The van der Waals surface area contributed by atoms with Crippen LogP contribution < -0.4 is 16.0 Å². The standard InChI is InChI=1S/C27H36ClNO2.C26H41NO3.C23H39NO3/c1-25-12-13-27(31,17-29-16-18-4-3-5-20(28)14-18)15-19(25)6-7-21-22-8-9-24(30)26(22,2)11-10-23(21)25;1-24-13-14-26(30,16-27-18-4-6-19(28)7-5-18)15-17(24)3-8-20-21-9-10-23(29)25(21,2)12-11-22(20)24;1-5-22(3)19(8-9-20(22)25)17-6-7-18-15-23(26,16-24-12-13-27-4)11-10-21(18,2)14-17/h3-6,14,21-23,29,31H,7-13,15-17H2,1-2H3;3,18-22,27-28,30H,4-16H2,1-2H3;7,17,19,24,26H,5-6,8-16H2,1-4H3. The Kier molecular flexibility index (Phi) is 19.7. The van der Waals surface area contributed by atoms with Crippen molar-refractivity contribution in [2.75, 3.05) is 39.9 Å². The third-order valence-corrected chi connectivity index (χ3v) is 28.4. The lowest BCUT2D eigenvalue weighted by molar-refractivity contribution is -0.133. The van der Waals surface area contributed by atoms with E-state index in [1.165, 1.54) is 36.0 Å². The van der Waals surface area contributed by atoms with Crippen LogP contribution in [0.4, 0.5) is 0 Å². The van der Waals surface area contributed by atoms with Gasteiger partial charge in [0.2, 0.25) is 0 Å². The fourth-order valence-electron chi connectivity index (χ4n) is 22.1. The minimum Gasteiger partial charge on any atom is -0.393 e. The zero-order chi connectivity index (χ0) is 62.7. The fourth-order valence-corrected chi connectivity index (χ4v) is 22.3. The fraction of sp³-hybridized carbons (Fsp3) is 0.803. The molecule has 0 bridgehead atoms. The third-order valence-electron chi connectivity index (χ3n) is 28.2. The molecule has 9 saturated carbocycles. The van der Waals surface area contributed by atoms with E-state index in [2.05, 4.69) is 88.7 Å². The Labute approximate surface area is 535 Å². The molecule has 13 rings (SSSR count). The van der Waals surface area contributed by atoms with E-state index in [0.29, 0.717) is 97.0 Å². The van der Waals surface area contributed by atoms with E-state index >= 15 is 0 Å². The number of carbonyl (C=O) groups excluding carboxylic acids is 3. The normalized spacial score (nSPS) is 45.1. The second kappa shape index (κ2) is 26.0. The Morgan fingerprint density at radius 3 is 1.65 bits per heavy atom. The summed E-state index contributed by atoms with van der Waals surface area (Å²) in [4.78, 5) is 37.7. The van der Waals surface area contributed by atoms with E-state index < -0.39 is 16.8 Å². The molecule has 12 heteroatoms. The Morgan fingerprint density at radius 1 is 0.568 bits per heavy atom. The van der Waals surface area contributed by atoms with Crippen molar-refractivity contribution >= 4 is 29.0 Å². The summed E-state index contributed by atoms with van der Waals surface area (Å²) in [6.07, 6.45) is 34.6. The van der Waals surface area contributed by atoms with Gasteiger partial charge in [-0.3, -0.25) is 14.4 Å². The Hall–Kier alpha value is -2.58. The summed E-state index contributed by atoms with van der Waals surface area (Å²) < 4.78 is 5.08. The van der Waals surface area contributed by atoms with Crippen LogP contribution in [0.1, 0.15) is 234 Å². The minimum absolute atomic E-state index is 0.0598. The number of aliphatic hydroxyl groups excluding tert-OH is 1. The smallest absolute Gasteiger partial charge is 0.139 e. The first-order valence-corrected chi connectivity index (χ1v) is 36.0. The number of benzene rings is 1. The van der Waals surface area contributed by atoms with Crippen LogP contribution in [0.25, 0.3) is 0 Å². The van der Waals surface area contributed by atoms with Gasteiger partial charge in [-0.25, -0.2) is 0 Å². The average Bonchev–Trinajstić information content (AvgIpc) is 1.23. The maximum atomic E-state index is 12.6. The highest BCUT2D eigenvalue weighted by molar-refractivity contribution is 6.30. The highest BCUT2D eigenvalue weighted by atomic mass is 35.5. The summed E-state index contributed by atoms with van der Waals surface area (Å²) in [6.45, 7) is 20.3. The molecule has 1 aromatic carbocycles. The molecular weight excluding hydrogens is 1120 g/mol. The van der Waals surface area contributed by atoms with Crippen molar-refractivity contribution < 1.29 is 39.5 Å². The number of carbonyl (C=O) groups is 3. The quantitative estimate of drug-likeness (QED) is 0.0697. The van der Waals surface area contributed by atoms with Crippen molar-refractivity contribution in [3.8, 4) is 0 Å². The SMILES string of the molecule is CC12CCC3C(CC=C4CC(O)(CNC5CCC(O)CC5)CCC43C)C1CCC2=O.CC12CCC3C(CC=C4CC(O)(CNCc5cccc(Cl)c5)CCC43C)C1CCC2=O.CCC1(C)C(=O)CCC1C1CC=C2CC(O)(CNCCOC)CCC2(C)C1. The summed E-state index contributed by atoms with van der Waals surface area (Å²) in [5.74, 6) is 6.44. The highest BCUT2D eigenvalue weighted by Gasteiger charge is 2.62. The van der Waals surface area contributed by atoms with Gasteiger partial charge in [0.15, 0.2) is 0 Å². The number of hydrogen-bond donors (Lipinski definition) is 7. The monoisotopic (exact) mass is 1230 g/mol. The molecule has 12 aliphatic rings. The first-order valence-electron chi connectivity index (χ1n) is 35.7. The number of aliphatic hydroxyl groups is 4. The maximum absolute atomic E-state index is 12.6. The van der Waals surface area contributed by atoms with Crippen LogP contribution in [0.3, 0.4) is 0 Å². The molecule has 0 spiro atoms. The third kappa shape index (κ3) is 12.9. The van der Waals surface area contributed by atoms with Crippen molar-refractivity contribution in [2.24, 2.45) is 79.8 Å². The molecule has 0 aromatic heterocycles. The summed E-state index contributed by atoms with van der Waals surface area (Å²) in [6, 6.07) is 8.33. The van der Waals surface area contributed by atoms with Crippen LogP contribution in [0.5, 0.6) is 0 Å². The number of allylic oxidation sites excluding steroid dienone is 3. The van der Waals surface area contributed by atoms with Crippen molar-refractivity contribution in [1.82, 2.24) is 16.0 Å². The van der Waals surface area contributed by atoms with Crippen molar-refractivity contribution in [3.63, 3.8) is 0 Å². The predicted molar refractivity (Wildman–Crippen MR) is 351 cm³/mol. The molecule has 0 radical (unpaired) electrons. The van der Waals surface area contributed by atoms with Gasteiger partial charge in [-0.05, 0) is 242 Å². The van der Waals surface area contributed by atoms with E-state index in [4.69, 9.17) is 16.3 Å². The predicted octanol–water partition coefficient (Wildman–Crippen LogP) is 13.7. The van der Waals surface area contributed by atoms with E-state index in [1.807, 2.05) is 18.2 Å². The van der Waals surface area contributed by atoms with Crippen LogP contribution in [-0.2, 0) is 25.7 Å². The molecule has 0 amide bonds. The molecule has 0 heterocycles. The van der Waals surface area contributed by atoms with E-state index in [-0.39, 0.29) is 38.6 Å². The summed E-state index contributed by atoms with van der Waals surface area (Å²) in [5.41, 5.74) is 3.96. The van der Waals surface area contributed by atoms with Gasteiger partial charge < -0.3 is 41.1 Å². The van der Waals surface area contributed by atoms with Gasteiger partial charge in [0, 0.05) is 86.4 Å². The number of Topliss-reactive ketones (excluding diaryl/α,β-unsaturated/α-hetero) is 3. The lowest BCUT2D eigenvalue weighted by Gasteiger charge is -2.58. The molecule has 0 saturated heterocycles. The van der Waals surface area contributed by atoms with Crippen molar-refractivity contribution in [2.45, 2.75) is 264 Å². The molecule has 88 heavy (non-hydrogen) atoms. The molecule has 17 unspecified atom stereocenters. The number of halogens is 1. The van der Waals surface area contributed by atoms with Gasteiger partial charge in [-0.15, -0.1) is 0 Å². The Balaban J connectivity index is 0.000000137. The molecule has 11 nitrogen and oxygen atoms in total. The second-order valence-electron chi connectivity index (χ2n) is 33.2. The van der Waals surface area contributed by atoms with Gasteiger partial charge in [0.25, 0.3) is 0 Å². The summed E-state index contributed by atoms with van der Waals surface area (Å²) in [7, 11) is 1.70. The van der Waals surface area contributed by atoms with Gasteiger partial charge in [-0.2, -0.15) is 0 Å². The minimum atomic E-state index is -0.677. The lowest BCUT2D eigenvalue weighted by atomic mass is 9.47. The molecule has 0 aliphatic heterocycles. The average molecular weight is 1240 g/mol. The molecule has 17 atom stereocenters. The van der Waals surface area contributed by atoms with Crippen molar-refractivity contribution in [3.05, 3.63) is 69.8 Å². The first-order chi connectivity index (χ1) is 41.7. The number of ether oxygens (including phenoxy) is 1. The maximum Gasteiger partial charge on any atom is 0.139 e. The number of methoxy groups -OCH3 is 1. The largest absolute Gasteiger partial charge is 0.393 e. The number of ketones is 3. The van der Waals surface area contributed by atoms with Crippen LogP contribution >= 0.6 is 11.6 Å². The van der Waals surface area contributed by atoms with E-state index in [1.54, 1.807) is 7.11 Å². The van der Waals surface area contributed by atoms with Gasteiger partial charge in [-0.1, -0.05) is 107 Å². The number of rotatable bonds is 14. The van der Waals surface area contributed by atoms with Gasteiger partial charge >= 0.3 is 0 Å². The Bertz CT molecular complexity index is 2810. The summed E-state index contributed by atoms with van der Waals surface area (Å²) in [5, 5.41) is 54.8. The first kappa shape index (κ1) is 66.9.